The first kappa shape index (κ1) is 11.9. The molecule has 19 heavy (non-hydrogen) atoms. The highest BCUT2D eigenvalue weighted by atomic mass is 15.3. The summed E-state index contributed by atoms with van der Waals surface area (Å²) in [7, 11) is 2.14. The maximum absolute atomic E-state index is 6.19. The number of nitrogens with two attached hydrogens (primary N) is 1. The number of benzene rings is 2. The third-order valence-electron chi connectivity index (χ3n) is 3.78. The van der Waals surface area contributed by atoms with E-state index < -0.39 is 0 Å². The Morgan fingerprint density at radius 1 is 0.947 bits per heavy atom. The zero-order valence-corrected chi connectivity index (χ0v) is 11.4. The van der Waals surface area contributed by atoms with E-state index in [2.05, 4.69) is 54.1 Å². The Kier molecular flexibility index (Phi) is 2.82. The Labute approximate surface area is 114 Å². The number of hydrogen-bond donors (Lipinski definition) is 1. The summed E-state index contributed by atoms with van der Waals surface area (Å²) in [6, 6.07) is 14.6. The van der Waals surface area contributed by atoms with E-state index in [1.54, 1.807) is 0 Å². The maximum atomic E-state index is 6.19. The molecule has 2 aromatic carbocycles. The van der Waals surface area contributed by atoms with Gasteiger partial charge in [0.05, 0.1) is 22.7 Å². The molecule has 3 heteroatoms. The lowest BCUT2D eigenvalue weighted by Gasteiger charge is -2.38. The molecule has 2 aromatic rings. The number of anilines is 4. The molecule has 0 atom stereocenters. The van der Waals surface area contributed by atoms with Crippen LogP contribution in [-0.4, -0.2) is 20.1 Å². The van der Waals surface area contributed by atoms with Crippen molar-refractivity contribution in [3.05, 3.63) is 48.0 Å². The number of nitrogen functional groups attached to an aromatic ring is 1. The molecule has 1 heterocycles. The van der Waals surface area contributed by atoms with Crippen LogP contribution in [0.5, 0.6) is 0 Å². The summed E-state index contributed by atoms with van der Waals surface area (Å²) in [5.41, 5.74) is 11.9. The second-order valence-electron chi connectivity index (χ2n) is 5.07. The van der Waals surface area contributed by atoms with Gasteiger partial charge in [-0.05, 0) is 30.7 Å². The first-order chi connectivity index (χ1) is 9.18. The molecule has 1 aliphatic heterocycles. The maximum Gasteiger partial charge on any atom is 0.0675 e. The first-order valence-electron chi connectivity index (χ1n) is 6.61. The van der Waals surface area contributed by atoms with E-state index in [4.69, 9.17) is 5.73 Å². The Bertz CT molecular complexity index is 586. The van der Waals surface area contributed by atoms with Crippen LogP contribution in [0.3, 0.4) is 0 Å². The topological polar surface area (TPSA) is 32.5 Å². The summed E-state index contributed by atoms with van der Waals surface area (Å²) >= 11 is 0. The van der Waals surface area contributed by atoms with Gasteiger partial charge in [0.1, 0.15) is 0 Å². The standard InChI is InChI=1S/C16H19N3/c1-12-6-5-7-13(17)16(12)19-11-10-18(2)14-8-3-4-9-15(14)19/h3-9H,10-11,17H2,1-2H3. The normalized spacial score (nSPS) is 14.4. The largest absolute Gasteiger partial charge is 0.397 e. The molecule has 0 amide bonds. The molecule has 3 nitrogen and oxygen atoms in total. The first-order valence-corrected chi connectivity index (χ1v) is 6.61. The Hall–Kier alpha value is -2.16. The lowest BCUT2D eigenvalue weighted by Crippen LogP contribution is -2.37. The summed E-state index contributed by atoms with van der Waals surface area (Å²) < 4.78 is 0. The van der Waals surface area contributed by atoms with Crippen molar-refractivity contribution >= 4 is 22.7 Å². The van der Waals surface area contributed by atoms with Crippen molar-refractivity contribution in [3.63, 3.8) is 0 Å². The predicted octanol–water partition coefficient (Wildman–Crippen LogP) is 3.17. The molecule has 0 saturated heterocycles. The van der Waals surface area contributed by atoms with Crippen LogP contribution in [0.1, 0.15) is 5.56 Å². The van der Waals surface area contributed by atoms with Gasteiger partial charge in [-0.1, -0.05) is 24.3 Å². The van der Waals surface area contributed by atoms with Crippen LogP contribution in [0.2, 0.25) is 0 Å². The molecule has 0 spiro atoms. The van der Waals surface area contributed by atoms with E-state index >= 15 is 0 Å². The van der Waals surface area contributed by atoms with Crippen molar-refractivity contribution in [1.29, 1.82) is 0 Å². The van der Waals surface area contributed by atoms with Crippen LogP contribution in [0.25, 0.3) is 0 Å². The van der Waals surface area contributed by atoms with Crippen molar-refractivity contribution in [2.75, 3.05) is 35.7 Å². The third-order valence-corrected chi connectivity index (χ3v) is 3.78. The van der Waals surface area contributed by atoms with E-state index in [1.165, 1.54) is 16.9 Å². The summed E-state index contributed by atoms with van der Waals surface area (Å²) in [5, 5.41) is 0. The molecule has 0 saturated carbocycles. The van der Waals surface area contributed by atoms with Crippen molar-refractivity contribution in [2.24, 2.45) is 0 Å². The molecule has 0 bridgehead atoms. The third kappa shape index (κ3) is 1.91. The number of likely N-dealkylation sites (N-methyl/N-ethyl adjacent to an activating group) is 1. The highest BCUT2D eigenvalue weighted by Gasteiger charge is 2.23. The lowest BCUT2D eigenvalue weighted by molar-refractivity contribution is 0.821. The highest BCUT2D eigenvalue weighted by molar-refractivity contribution is 5.85. The molecule has 1 aliphatic rings. The second kappa shape index (κ2) is 4.50. The van der Waals surface area contributed by atoms with Gasteiger partial charge in [0, 0.05) is 20.1 Å². The SMILES string of the molecule is Cc1cccc(N)c1N1CCN(C)c2ccccc21. The molecule has 2 N–H and O–H groups in total. The molecule has 0 fully saturated rings. The van der Waals surface area contributed by atoms with Gasteiger partial charge >= 0.3 is 0 Å². The van der Waals surface area contributed by atoms with Crippen LogP contribution < -0.4 is 15.5 Å². The van der Waals surface area contributed by atoms with Crippen LogP contribution in [0, 0.1) is 6.92 Å². The number of fused-ring (bicyclic) bond motifs is 1. The molecule has 0 aromatic heterocycles. The molecule has 98 valence electrons. The summed E-state index contributed by atoms with van der Waals surface area (Å²) in [6.07, 6.45) is 0. The monoisotopic (exact) mass is 253 g/mol. The molecule has 3 rings (SSSR count). The fourth-order valence-corrected chi connectivity index (χ4v) is 2.79. The molecule has 0 aliphatic carbocycles. The van der Waals surface area contributed by atoms with Gasteiger partial charge in [0.15, 0.2) is 0 Å². The number of nitrogens with zero attached hydrogens (tertiary/aromatic N) is 2. The van der Waals surface area contributed by atoms with Gasteiger partial charge < -0.3 is 15.5 Å². The van der Waals surface area contributed by atoms with Crippen molar-refractivity contribution < 1.29 is 0 Å². The Balaban J connectivity index is 2.15. The Morgan fingerprint density at radius 3 is 2.42 bits per heavy atom. The van der Waals surface area contributed by atoms with Crippen LogP contribution >= 0.6 is 0 Å². The number of para-hydroxylation sites is 3. The number of hydrogen-bond acceptors (Lipinski definition) is 3. The van der Waals surface area contributed by atoms with Gasteiger partial charge in [0.2, 0.25) is 0 Å². The van der Waals surface area contributed by atoms with Gasteiger partial charge in [-0.2, -0.15) is 0 Å². The van der Waals surface area contributed by atoms with Crippen molar-refractivity contribution in [1.82, 2.24) is 0 Å². The number of rotatable bonds is 1. The minimum atomic E-state index is 0.847. The lowest BCUT2D eigenvalue weighted by atomic mass is 10.1. The van der Waals surface area contributed by atoms with Crippen LogP contribution in [0.15, 0.2) is 42.5 Å². The quantitative estimate of drug-likeness (QED) is 0.792. The minimum absolute atomic E-state index is 0.847. The van der Waals surface area contributed by atoms with E-state index in [0.717, 1.165) is 24.5 Å². The summed E-state index contributed by atoms with van der Waals surface area (Å²) in [6.45, 7) is 4.08. The highest BCUT2D eigenvalue weighted by Crippen LogP contribution is 2.40. The second-order valence-corrected chi connectivity index (χ2v) is 5.07. The summed E-state index contributed by atoms with van der Waals surface area (Å²) in [4.78, 5) is 4.63. The fourth-order valence-electron chi connectivity index (χ4n) is 2.79. The number of aryl methyl sites for hydroxylation is 1. The summed E-state index contributed by atoms with van der Waals surface area (Å²) in [5.74, 6) is 0. The average molecular weight is 253 g/mol. The van der Waals surface area contributed by atoms with Crippen LogP contribution in [-0.2, 0) is 0 Å². The molecule has 0 unspecified atom stereocenters. The zero-order chi connectivity index (χ0) is 13.4. The minimum Gasteiger partial charge on any atom is -0.397 e. The smallest absolute Gasteiger partial charge is 0.0675 e. The van der Waals surface area contributed by atoms with E-state index in [-0.39, 0.29) is 0 Å². The van der Waals surface area contributed by atoms with Gasteiger partial charge in [-0.25, -0.2) is 0 Å². The molecule has 0 radical (unpaired) electrons. The fraction of sp³-hybridized carbons (Fsp3) is 0.250. The van der Waals surface area contributed by atoms with Crippen LogP contribution in [0.4, 0.5) is 22.7 Å². The van der Waals surface area contributed by atoms with E-state index in [9.17, 15) is 0 Å². The van der Waals surface area contributed by atoms with E-state index in [1.807, 2.05) is 12.1 Å². The molecular formula is C16H19N3. The predicted molar refractivity (Wildman–Crippen MR) is 82.3 cm³/mol. The van der Waals surface area contributed by atoms with Gasteiger partial charge in [-0.15, -0.1) is 0 Å². The average Bonchev–Trinajstić information content (AvgIpc) is 2.41. The van der Waals surface area contributed by atoms with Crippen molar-refractivity contribution in [2.45, 2.75) is 6.92 Å². The Morgan fingerprint density at radius 2 is 1.68 bits per heavy atom. The molecular weight excluding hydrogens is 234 g/mol. The van der Waals surface area contributed by atoms with Gasteiger partial charge in [-0.3, -0.25) is 0 Å². The van der Waals surface area contributed by atoms with Crippen molar-refractivity contribution in [3.8, 4) is 0 Å². The van der Waals surface area contributed by atoms with Gasteiger partial charge in [0.25, 0.3) is 0 Å². The zero-order valence-electron chi connectivity index (χ0n) is 11.4. The van der Waals surface area contributed by atoms with E-state index in [0.29, 0.717) is 0 Å².